The van der Waals surface area contributed by atoms with E-state index in [-0.39, 0.29) is 24.8 Å². The molecule has 0 bridgehead atoms. The highest BCUT2D eigenvalue weighted by molar-refractivity contribution is 5.95. The van der Waals surface area contributed by atoms with Crippen molar-refractivity contribution in [1.29, 1.82) is 0 Å². The summed E-state index contributed by atoms with van der Waals surface area (Å²) in [6.07, 6.45) is 1.73. The molecule has 0 unspecified atom stereocenters. The van der Waals surface area contributed by atoms with E-state index in [1.165, 1.54) is 0 Å². The number of hydrogen-bond acceptors (Lipinski definition) is 6. The fraction of sp³-hybridized carbons (Fsp3) is 0.562. The minimum atomic E-state index is -0.832. The van der Waals surface area contributed by atoms with E-state index in [0.29, 0.717) is 31.1 Å². The smallest absolute Gasteiger partial charge is 0.254 e. The second kappa shape index (κ2) is 8.07. The zero-order valence-electron chi connectivity index (χ0n) is 14.3. The highest BCUT2D eigenvalue weighted by atomic mass is 16.5. The van der Waals surface area contributed by atoms with Crippen LogP contribution < -0.4 is 10.6 Å². The zero-order valence-corrected chi connectivity index (χ0v) is 14.3. The molecule has 8 heteroatoms. The number of pyridine rings is 1. The van der Waals surface area contributed by atoms with Gasteiger partial charge in [-0.3, -0.25) is 9.59 Å². The summed E-state index contributed by atoms with van der Waals surface area (Å²) in [5, 5.41) is 5.51. The van der Waals surface area contributed by atoms with Gasteiger partial charge in [-0.2, -0.15) is 0 Å². The Labute approximate surface area is 141 Å². The van der Waals surface area contributed by atoms with Crippen LogP contribution in [0.15, 0.2) is 18.3 Å². The van der Waals surface area contributed by atoms with Gasteiger partial charge in [-0.15, -0.1) is 0 Å². The predicted molar refractivity (Wildman–Crippen MR) is 88.9 cm³/mol. The van der Waals surface area contributed by atoms with E-state index in [2.05, 4.69) is 15.6 Å². The molecular formula is C16H24N4O4. The van der Waals surface area contributed by atoms with Gasteiger partial charge in [0.05, 0.1) is 26.2 Å². The highest BCUT2D eigenvalue weighted by Crippen LogP contribution is 2.24. The summed E-state index contributed by atoms with van der Waals surface area (Å²) < 4.78 is 11.1. The summed E-state index contributed by atoms with van der Waals surface area (Å²) in [4.78, 5) is 30.4. The van der Waals surface area contributed by atoms with Gasteiger partial charge in [-0.05, 0) is 12.1 Å². The molecule has 2 amide bonds. The molecule has 132 valence electrons. The summed E-state index contributed by atoms with van der Waals surface area (Å²) in [5.41, 5.74) is -0.288. The number of nitrogens with one attached hydrogen (secondary N) is 2. The maximum absolute atomic E-state index is 12.8. The SMILES string of the molecule is CNC(=O)C[C@@]1(COC)CN(C(=O)c2ccnc(NC)c2)CCO1. The van der Waals surface area contributed by atoms with E-state index < -0.39 is 5.60 Å². The van der Waals surface area contributed by atoms with Crippen molar-refractivity contribution in [3.63, 3.8) is 0 Å². The maximum Gasteiger partial charge on any atom is 0.254 e. The molecule has 0 spiro atoms. The second-order valence-electron chi connectivity index (χ2n) is 5.72. The highest BCUT2D eigenvalue weighted by Gasteiger charge is 2.40. The quantitative estimate of drug-likeness (QED) is 0.766. The van der Waals surface area contributed by atoms with Crippen LogP contribution in [0.25, 0.3) is 0 Å². The van der Waals surface area contributed by atoms with Crippen molar-refractivity contribution in [2.24, 2.45) is 0 Å². The van der Waals surface area contributed by atoms with Gasteiger partial charge < -0.3 is 25.0 Å². The average molecular weight is 336 g/mol. The van der Waals surface area contributed by atoms with Crippen LogP contribution in [-0.2, 0) is 14.3 Å². The molecular weight excluding hydrogens is 312 g/mol. The molecule has 1 atom stereocenters. The molecule has 0 saturated carbocycles. The predicted octanol–water partition coefficient (Wildman–Crippen LogP) is 0.117. The molecule has 1 aliphatic rings. The largest absolute Gasteiger partial charge is 0.382 e. The third-order valence-electron chi connectivity index (χ3n) is 3.97. The lowest BCUT2D eigenvalue weighted by atomic mass is 9.97. The van der Waals surface area contributed by atoms with E-state index in [0.717, 1.165) is 0 Å². The number of morpholine rings is 1. The molecule has 8 nitrogen and oxygen atoms in total. The van der Waals surface area contributed by atoms with Gasteiger partial charge in [0.25, 0.3) is 5.91 Å². The van der Waals surface area contributed by atoms with Gasteiger partial charge in [0.2, 0.25) is 5.91 Å². The van der Waals surface area contributed by atoms with Crippen molar-refractivity contribution in [1.82, 2.24) is 15.2 Å². The van der Waals surface area contributed by atoms with Gasteiger partial charge in [0, 0.05) is 39.5 Å². The Morgan fingerprint density at radius 2 is 2.25 bits per heavy atom. The Kier molecular flexibility index (Phi) is 6.10. The maximum atomic E-state index is 12.8. The average Bonchev–Trinajstić information content (AvgIpc) is 2.61. The molecule has 1 aliphatic heterocycles. The first-order chi connectivity index (χ1) is 11.5. The number of nitrogens with zero attached hydrogens (tertiary/aromatic N) is 2. The molecule has 0 aliphatic carbocycles. The van der Waals surface area contributed by atoms with Crippen LogP contribution in [0.5, 0.6) is 0 Å². The minimum Gasteiger partial charge on any atom is -0.382 e. The molecule has 1 aromatic heterocycles. The molecule has 2 heterocycles. The number of rotatable bonds is 6. The van der Waals surface area contributed by atoms with Crippen LogP contribution in [0.4, 0.5) is 5.82 Å². The number of anilines is 1. The zero-order chi connectivity index (χ0) is 17.6. The first-order valence-electron chi connectivity index (χ1n) is 7.80. The normalized spacial score (nSPS) is 20.5. The summed E-state index contributed by atoms with van der Waals surface area (Å²) in [6, 6.07) is 3.38. The number of ether oxygens (including phenoxy) is 2. The lowest BCUT2D eigenvalue weighted by Crippen LogP contribution is -2.57. The number of carbonyl (C=O) groups is 2. The lowest BCUT2D eigenvalue weighted by Gasteiger charge is -2.42. The number of aromatic nitrogens is 1. The lowest BCUT2D eigenvalue weighted by molar-refractivity contribution is -0.150. The summed E-state index contributed by atoms with van der Waals surface area (Å²) in [5.74, 6) is 0.361. The van der Waals surface area contributed by atoms with Crippen molar-refractivity contribution in [3.8, 4) is 0 Å². The number of carbonyl (C=O) groups excluding carboxylic acids is 2. The summed E-state index contributed by atoms with van der Waals surface area (Å²) in [6.45, 7) is 1.36. The summed E-state index contributed by atoms with van der Waals surface area (Å²) in [7, 11) is 4.88. The molecule has 0 radical (unpaired) electrons. The molecule has 2 N–H and O–H groups in total. The van der Waals surface area contributed by atoms with Gasteiger partial charge in [0.1, 0.15) is 11.4 Å². The van der Waals surface area contributed by atoms with Gasteiger partial charge in [0.15, 0.2) is 0 Å². The van der Waals surface area contributed by atoms with Crippen LogP contribution >= 0.6 is 0 Å². The van der Waals surface area contributed by atoms with E-state index >= 15 is 0 Å². The van der Waals surface area contributed by atoms with Crippen molar-refractivity contribution in [2.75, 3.05) is 52.8 Å². The third-order valence-corrected chi connectivity index (χ3v) is 3.97. The monoisotopic (exact) mass is 336 g/mol. The van der Waals surface area contributed by atoms with E-state index in [4.69, 9.17) is 9.47 Å². The number of hydrogen-bond donors (Lipinski definition) is 2. The van der Waals surface area contributed by atoms with Crippen LogP contribution in [0, 0.1) is 0 Å². The van der Waals surface area contributed by atoms with E-state index in [1.807, 2.05) is 0 Å². The van der Waals surface area contributed by atoms with E-state index in [9.17, 15) is 9.59 Å². The first kappa shape index (κ1) is 18.2. The molecule has 0 aromatic carbocycles. The van der Waals surface area contributed by atoms with Crippen molar-refractivity contribution >= 4 is 17.6 Å². The Bertz CT molecular complexity index is 591. The number of methoxy groups -OCH3 is 1. The Balaban J connectivity index is 2.17. The van der Waals surface area contributed by atoms with Crippen molar-refractivity contribution in [2.45, 2.75) is 12.0 Å². The summed E-state index contributed by atoms with van der Waals surface area (Å²) >= 11 is 0. The molecule has 1 saturated heterocycles. The third kappa shape index (κ3) is 4.21. The van der Waals surface area contributed by atoms with Crippen LogP contribution in [-0.4, -0.2) is 74.8 Å². The molecule has 24 heavy (non-hydrogen) atoms. The van der Waals surface area contributed by atoms with Gasteiger partial charge in [-0.25, -0.2) is 4.98 Å². The Morgan fingerprint density at radius 3 is 2.92 bits per heavy atom. The topological polar surface area (TPSA) is 92.8 Å². The Morgan fingerprint density at radius 1 is 1.46 bits per heavy atom. The second-order valence-corrected chi connectivity index (χ2v) is 5.72. The fourth-order valence-electron chi connectivity index (χ4n) is 2.79. The standard InChI is InChI=1S/C16H24N4O4/c1-17-13-8-12(4-5-19-13)15(22)20-6-7-24-16(10-20,11-23-3)9-14(21)18-2/h4-5,8H,6-7,9-11H2,1-3H3,(H,17,19)(H,18,21)/t16-/m0/s1. The first-order valence-corrected chi connectivity index (χ1v) is 7.80. The molecule has 2 rings (SSSR count). The number of amides is 2. The van der Waals surface area contributed by atoms with Crippen LogP contribution in [0.3, 0.4) is 0 Å². The molecule has 1 aromatic rings. The van der Waals surface area contributed by atoms with Crippen LogP contribution in [0.2, 0.25) is 0 Å². The fourth-order valence-corrected chi connectivity index (χ4v) is 2.79. The van der Waals surface area contributed by atoms with Gasteiger partial charge in [-0.1, -0.05) is 0 Å². The molecule has 1 fully saturated rings. The minimum absolute atomic E-state index is 0.116. The van der Waals surface area contributed by atoms with E-state index in [1.54, 1.807) is 44.4 Å². The van der Waals surface area contributed by atoms with Gasteiger partial charge >= 0.3 is 0 Å². The Hall–Kier alpha value is -2.19. The van der Waals surface area contributed by atoms with Crippen LogP contribution in [0.1, 0.15) is 16.8 Å². The van der Waals surface area contributed by atoms with Crippen molar-refractivity contribution in [3.05, 3.63) is 23.9 Å². The van der Waals surface area contributed by atoms with Crippen molar-refractivity contribution < 1.29 is 19.1 Å².